The molecule has 1 aromatic carbocycles. The highest BCUT2D eigenvalue weighted by molar-refractivity contribution is 5.97. The summed E-state index contributed by atoms with van der Waals surface area (Å²) in [6.45, 7) is 17.0. The van der Waals surface area contributed by atoms with Gasteiger partial charge in [-0.1, -0.05) is 34.1 Å². The van der Waals surface area contributed by atoms with Gasteiger partial charge in [0.25, 0.3) is 5.91 Å². The van der Waals surface area contributed by atoms with Gasteiger partial charge in [0.05, 0.1) is 18.6 Å². The monoisotopic (exact) mass is 555 g/mol. The topological polar surface area (TPSA) is 102 Å². The summed E-state index contributed by atoms with van der Waals surface area (Å²) in [6.07, 6.45) is 2.23. The molecule has 1 aromatic rings. The van der Waals surface area contributed by atoms with Crippen molar-refractivity contribution >= 4 is 29.2 Å². The second-order valence-electron chi connectivity index (χ2n) is 11.8. The van der Waals surface area contributed by atoms with E-state index in [9.17, 15) is 19.2 Å². The summed E-state index contributed by atoms with van der Waals surface area (Å²) in [5, 5.41) is 6.04. The van der Waals surface area contributed by atoms with E-state index in [2.05, 4.69) is 48.1 Å². The largest absolute Gasteiger partial charge is 0.372 e. The van der Waals surface area contributed by atoms with Crippen molar-refractivity contribution in [2.45, 2.75) is 91.9 Å². The molecule has 0 radical (unpaired) electrons. The number of fused-ring (bicyclic) bond motifs is 1. The van der Waals surface area contributed by atoms with Crippen LogP contribution in [0, 0.1) is 11.8 Å². The van der Waals surface area contributed by atoms with Crippen molar-refractivity contribution in [2.24, 2.45) is 11.8 Å². The number of hydrogen-bond donors (Lipinski definition) is 2. The second kappa shape index (κ2) is 14.1. The molecule has 2 aliphatic rings. The van der Waals surface area contributed by atoms with Crippen LogP contribution in [0.1, 0.15) is 78.1 Å². The highest BCUT2D eigenvalue weighted by atomic mass is 16.2. The van der Waals surface area contributed by atoms with Crippen LogP contribution in [-0.2, 0) is 14.4 Å². The number of anilines is 1. The Hall–Kier alpha value is -2.94. The predicted octanol–water partition coefficient (Wildman–Crippen LogP) is 3.08. The maximum Gasteiger partial charge on any atom is 0.251 e. The Morgan fingerprint density at radius 3 is 2.23 bits per heavy atom. The number of carbonyl (C=O) groups is 4. The summed E-state index contributed by atoms with van der Waals surface area (Å²) >= 11 is 0. The van der Waals surface area contributed by atoms with Gasteiger partial charge in [-0.3, -0.25) is 24.1 Å². The van der Waals surface area contributed by atoms with Crippen LogP contribution in [0.4, 0.5) is 5.69 Å². The quantitative estimate of drug-likeness (QED) is 0.388. The lowest BCUT2D eigenvalue weighted by atomic mass is 9.97. The van der Waals surface area contributed by atoms with Crippen LogP contribution in [0.15, 0.2) is 24.3 Å². The molecule has 40 heavy (non-hydrogen) atoms. The Bertz CT molecular complexity index is 1040. The average Bonchev–Trinajstić information content (AvgIpc) is 3.47. The molecule has 5 unspecified atom stereocenters. The summed E-state index contributed by atoms with van der Waals surface area (Å²) in [7, 11) is 0. The minimum atomic E-state index is -0.635. The number of amides is 3. The van der Waals surface area contributed by atoms with Crippen molar-refractivity contribution in [3.8, 4) is 0 Å². The van der Waals surface area contributed by atoms with Crippen LogP contribution < -0.4 is 15.5 Å². The number of Topliss-reactive ketones (excluding diaryl/α,β-unsaturated/α-hetero) is 1. The van der Waals surface area contributed by atoms with E-state index in [1.54, 1.807) is 4.90 Å². The molecule has 2 N–H and O–H groups in total. The van der Waals surface area contributed by atoms with E-state index in [1.807, 2.05) is 38.1 Å². The third kappa shape index (κ3) is 7.42. The summed E-state index contributed by atoms with van der Waals surface area (Å²) in [5.74, 6) is -0.178. The number of nitrogens with zero attached hydrogens (tertiary/aromatic N) is 3. The van der Waals surface area contributed by atoms with Crippen LogP contribution >= 0.6 is 0 Å². The number of rotatable bonds is 13. The van der Waals surface area contributed by atoms with Gasteiger partial charge in [0, 0.05) is 50.4 Å². The molecule has 0 aliphatic carbocycles. The zero-order chi connectivity index (χ0) is 29.6. The maximum atomic E-state index is 13.5. The van der Waals surface area contributed by atoms with Gasteiger partial charge in [-0.2, -0.15) is 0 Å². The molecule has 0 aromatic heterocycles. The Balaban J connectivity index is 1.71. The molecule has 222 valence electrons. The smallest absolute Gasteiger partial charge is 0.251 e. The Labute approximate surface area is 240 Å². The second-order valence-corrected chi connectivity index (χ2v) is 11.8. The van der Waals surface area contributed by atoms with Gasteiger partial charge < -0.3 is 20.4 Å². The molecule has 9 nitrogen and oxygen atoms in total. The first-order valence-electron chi connectivity index (χ1n) is 15.0. The molecular formula is C31H49N5O4. The van der Waals surface area contributed by atoms with E-state index in [0.717, 1.165) is 31.6 Å². The Morgan fingerprint density at radius 1 is 1.02 bits per heavy atom. The lowest BCUT2D eigenvalue weighted by Crippen LogP contribution is -2.53. The van der Waals surface area contributed by atoms with Crippen molar-refractivity contribution in [2.75, 3.05) is 37.6 Å². The summed E-state index contributed by atoms with van der Waals surface area (Å²) in [4.78, 5) is 57.9. The van der Waals surface area contributed by atoms with Crippen molar-refractivity contribution in [3.63, 3.8) is 0 Å². The lowest BCUT2D eigenvalue weighted by Gasteiger charge is -2.31. The van der Waals surface area contributed by atoms with E-state index < -0.39 is 6.04 Å². The first kappa shape index (κ1) is 31.6. The Kier molecular flexibility index (Phi) is 11.1. The van der Waals surface area contributed by atoms with Gasteiger partial charge in [0.15, 0.2) is 5.78 Å². The standard InChI is InChI=1S/C31H49N5O4/c1-8-21(6)28(32-22(7)37)31(40)36-19-27(38)29-26(36)15-16-35(29)18-24(17-20(4)5)33-30(39)23-11-13-25(14-12-23)34(9-2)10-3/h11-14,20-21,24,26,28-29H,8-10,15-19H2,1-7H3,(H,32,37)(H,33,39). The molecular weight excluding hydrogens is 506 g/mol. The molecule has 0 bridgehead atoms. The number of hydrogen-bond acceptors (Lipinski definition) is 6. The molecule has 0 saturated carbocycles. The summed E-state index contributed by atoms with van der Waals surface area (Å²) in [6, 6.07) is 6.37. The van der Waals surface area contributed by atoms with E-state index in [1.165, 1.54) is 6.92 Å². The number of benzene rings is 1. The highest BCUT2D eigenvalue weighted by Gasteiger charge is 2.51. The zero-order valence-electron chi connectivity index (χ0n) is 25.4. The van der Waals surface area contributed by atoms with E-state index in [-0.39, 0.29) is 54.1 Å². The van der Waals surface area contributed by atoms with Crippen molar-refractivity contribution in [1.82, 2.24) is 20.4 Å². The van der Waals surface area contributed by atoms with Crippen LogP contribution in [0.5, 0.6) is 0 Å². The van der Waals surface area contributed by atoms with Gasteiger partial charge in [0.1, 0.15) is 6.04 Å². The third-order valence-electron chi connectivity index (χ3n) is 8.45. The normalized spacial score (nSPS) is 21.2. The minimum absolute atomic E-state index is 0.0307. The van der Waals surface area contributed by atoms with E-state index in [4.69, 9.17) is 0 Å². The van der Waals surface area contributed by atoms with Crippen LogP contribution in [0.2, 0.25) is 0 Å². The molecule has 9 heteroatoms. The average molecular weight is 556 g/mol. The van der Waals surface area contributed by atoms with Crippen LogP contribution in [-0.4, -0.2) is 90.2 Å². The molecule has 0 spiro atoms. The van der Waals surface area contributed by atoms with Gasteiger partial charge >= 0.3 is 0 Å². The van der Waals surface area contributed by atoms with Gasteiger partial charge in [-0.25, -0.2) is 0 Å². The number of nitrogens with one attached hydrogen (secondary N) is 2. The molecule has 2 fully saturated rings. The van der Waals surface area contributed by atoms with E-state index >= 15 is 0 Å². The molecule has 3 rings (SSSR count). The molecule has 2 saturated heterocycles. The van der Waals surface area contributed by atoms with E-state index in [0.29, 0.717) is 31.0 Å². The summed E-state index contributed by atoms with van der Waals surface area (Å²) < 4.78 is 0. The lowest BCUT2D eigenvalue weighted by molar-refractivity contribution is -0.138. The first-order chi connectivity index (χ1) is 19.0. The third-order valence-corrected chi connectivity index (χ3v) is 8.45. The number of ketones is 1. The molecule has 2 heterocycles. The minimum Gasteiger partial charge on any atom is -0.372 e. The predicted molar refractivity (Wildman–Crippen MR) is 158 cm³/mol. The molecule has 3 amide bonds. The Morgan fingerprint density at radius 2 is 1.68 bits per heavy atom. The van der Waals surface area contributed by atoms with Crippen molar-refractivity contribution in [1.29, 1.82) is 0 Å². The number of carbonyl (C=O) groups excluding carboxylic acids is 4. The van der Waals surface area contributed by atoms with Gasteiger partial charge in [-0.05, 0) is 62.8 Å². The molecule has 2 aliphatic heterocycles. The maximum absolute atomic E-state index is 13.5. The van der Waals surface area contributed by atoms with Gasteiger partial charge in [-0.15, -0.1) is 0 Å². The highest BCUT2D eigenvalue weighted by Crippen LogP contribution is 2.31. The van der Waals surface area contributed by atoms with Crippen molar-refractivity contribution in [3.05, 3.63) is 29.8 Å². The zero-order valence-corrected chi connectivity index (χ0v) is 25.4. The fourth-order valence-corrected chi connectivity index (χ4v) is 6.20. The van der Waals surface area contributed by atoms with Gasteiger partial charge in [0.2, 0.25) is 11.8 Å². The van der Waals surface area contributed by atoms with Crippen LogP contribution in [0.3, 0.4) is 0 Å². The number of likely N-dealkylation sites (tertiary alicyclic amines) is 2. The van der Waals surface area contributed by atoms with Crippen LogP contribution in [0.25, 0.3) is 0 Å². The fourth-order valence-electron chi connectivity index (χ4n) is 6.20. The SMILES string of the molecule is CCC(C)C(NC(C)=O)C(=O)N1CC(=O)C2C1CCN2CC(CC(C)C)NC(=O)c1ccc(N(CC)CC)cc1. The fraction of sp³-hybridized carbons (Fsp3) is 0.677. The van der Waals surface area contributed by atoms with Crippen molar-refractivity contribution < 1.29 is 19.2 Å². The summed E-state index contributed by atoms with van der Waals surface area (Å²) in [5.41, 5.74) is 1.71. The first-order valence-corrected chi connectivity index (χ1v) is 15.0. The molecule has 5 atom stereocenters.